The fraction of sp³-hybridized carbons (Fsp3) is 0.286. The fourth-order valence-electron chi connectivity index (χ4n) is 2.85. The Balaban J connectivity index is 1.87. The van der Waals surface area contributed by atoms with Crippen LogP contribution in [0.3, 0.4) is 0 Å². The molecule has 0 saturated heterocycles. The molecule has 0 spiro atoms. The van der Waals surface area contributed by atoms with Crippen molar-refractivity contribution in [1.82, 2.24) is 15.1 Å². The Kier molecular flexibility index (Phi) is 5.87. The van der Waals surface area contributed by atoms with Gasteiger partial charge in [-0.3, -0.25) is 14.3 Å². The van der Waals surface area contributed by atoms with E-state index in [0.29, 0.717) is 11.3 Å². The largest absolute Gasteiger partial charge is 0.352 e. The molecule has 0 aliphatic rings. The number of hydrogen-bond acceptors (Lipinski definition) is 3. The van der Waals surface area contributed by atoms with Gasteiger partial charge >= 0.3 is 0 Å². The van der Waals surface area contributed by atoms with E-state index in [2.05, 4.69) is 15.7 Å². The van der Waals surface area contributed by atoms with Gasteiger partial charge in [-0.2, -0.15) is 5.10 Å². The predicted octanol–water partition coefficient (Wildman–Crippen LogP) is 4.79. The highest BCUT2D eigenvalue weighted by molar-refractivity contribution is 6.41. The quantitative estimate of drug-likeness (QED) is 0.621. The van der Waals surface area contributed by atoms with E-state index in [4.69, 9.17) is 23.2 Å². The zero-order valence-electron chi connectivity index (χ0n) is 16.6. The second-order valence-corrected chi connectivity index (χ2v) is 8.57. The maximum Gasteiger partial charge on any atom is 0.258 e. The third-order valence-corrected chi connectivity index (χ3v) is 5.31. The third-order valence-electron chi connectivity index (χ3n) is 4.56. The normalized spacial score (nSPS) is 11.5. The minimum Gasteiger partial charge on any atom is -0.352 e. The van der Waals surface area contributed by atoms with Crippen LogP contribution in [0.1, 0.15) is 36.7 Å². The summed E-state index contributed by atoms with van der Waals surface area (Å²) in [4.78, 5) is 25.1. The van der Waals surface area contributed by atoms with Crippen molar-refractivity contribution in [1.29, 1.82) is 0 Å². The fourth-order valence-corrected chi connectivity index (χ4v) is 3.46. The topological polar surface area (TPSA) is 76.0 Å². The molecular formula is C21H22Cl2N4O2. The van der Waals surface area contributed by atoms with Gasteiger partial charge in [0.05, 0.1) is 33.0 Å². The van der Waals surface area contributed by atoms with Crippen molar-refractivity contribution >= 4 is 51.6 Å². The number of nitrogens with one attached hydrogen (secondary N) is 2. The van der Waals surface area contributed by atoms with Crippen molar-refractivity contribution in [3.63, 3.8) is 0 Å². The van der Waals surface area contributed by atoms with Gasteiger partial charge in [0.25, 0.3) is 5.91 Å². The first-order valence-corrected chi connectivity index (χ1v) is 9.82. The lowest BCUT2D eigenvalue weighted by atomic mass is 9.95. The highest BCUT2D eigenvalue weighted by atomic mass is 35.5. The third kappa shape index (κ3) is 4.38. The maximum absolute atomic E-state index is 13.0. The molecule has 3 rings (SSSR count). The van der Waals surface area contributed by atoms with Crippen molar-refractivity contribution < 1.29 is 9.59 Å². The van der Waals surface area contributed by atoms with Crippen LogP contribution in [0.15, 0.2) is 36.5 Å². The van der Waals surface area contributed by atoms with Gasteiger partial charge in [0.1, 0.15) is 0 Å². The Labute approximate surface area is 179 Å². The van der Waals surface area contributed by atoms with E-state index in [-0.39, 0.29) is 28.1 Å². The van der Waals surface area contributed by atoms with Crippen LogP contribution in [0.4, 0.5) is 5.69 Å². The first-order chi connectivity index (χ1) is 13.6. The minimum atomic E-state index is -0.526. The first kappa shape index (κ1) is 21.1. The molecule has 0 saturated carbocycles. The molecule has 152 valence electrons. The van der Waals surface area contributed by atoms with E-state index in [1.807, 2.05) is 40.0 Å². The predicted molar refractivity (Wildman–Crippen MR) is 116 cm³/mol. The summed E-state index contributed by atoms with van der Waals surface area (Å²) in [5.41, 5.74) is 1.74. The van der Waals surface area contributed by atoms with Gasteiger partial charge in [0.15, 0.2) is 0 Å². The van der Waals surface area contributed by atoms with Crippen molar-refractivity contribution in [2.24, 2.45) is 12.5 Å². The van der Waals surface area contributed by atoms with Gasteiger partial charge in [-0.05, 0) is 23.8 Å². The lowest BCUT2D eigenvalue weighted by molar-refractivity contribution is -0.128. The van der Waals surface area contributed by atoms with E-state index >= 15 is 0 Å². The summed E-state index contributed by atoms with van der Waals surface area (Å²) in [6.07, 6.45) is 1.69. The number of amides is 2. The molecule has 2 amide bonds. The van der Waals surface area contributed by atoms with Gasteiger partial charge in [0, 0.05) is 24.4 Å². The summed E-state index contributed by atoms with van der Waals surface area (Å²) in [5, 5.41) is 11.2. The minimum absolute atomic E-state index is 0.113. The van der Waals surface area contributed by atoms with E-state index in [0.717, 1.165) is 10.9 Å². The van der Waals surface area contributed by atoms with Crippen LogP contribution >= 0.6 is 23.2 Å². The Morgan fingerprint density at radius 3 is 2.55 bits per heavy atom. The molecular weight excluding hydrogens is 411 g/mol. The molecule has 2 N–H and O–H groups in total. The Hall–Kier alpha value is -2.57. The SMILES string of the molecule is Cn1ncc2c(NC(=O)c3c(Cl)ccc(CNC(=O)C(C)(C)C)c3Cl)cccc21. The van der Waals surface area contributed by atoms with E-state index in [1.54, 1.807) is 29.1 Å². The highest BCUT2D eigenvalue weighted by Gasteiger charge is 2.23. The molecule has 0 radical (unpaired) electrons. The molecule has 0 aliphatic heterocycles. The molecule has 1 aromatic heterocycles. The number of aryl methyl sites for hydroxylation is 1. The van der Waals surface area contributed by atoms with Crippen LogP contribution in [0.5, 0.6) is 0 Å². The highest BCUT2D eigenvalue weighted by Crippen LogP contribution is 2.30. The number of anilines is 1. The number of aromatic nitrogens is 2. The van der Waals surface area contributed by atoms with Crippen molar-refractivity contribution in [2.75, 3.05) is 5.32 Å². The van der Waals surface area contributed by atoms with E-state index in [1.165, 1.54) is 0 Å². The number of carbonyl (C=O) groups is 2. The first-order valence-electron chi connectivity index (χ1n) is 9.07. The van der Waals surface area contributed by atoms with Crippen LogP contribution in [0.2, 0.25) is 10.0 Å². The monoisotopic (exact) mass is 432 g/mol. The van der Waals surface area contributed by atoms with E-state index in [9.17, 15) is 9.59 Å². The van der Waals surface area contributed by atoms with Crippen molar-refractivity contribution in [2.45, 2.75) is 27.3 Å². The summed E-state index contributed by atoms with van der Waals surface area (Å²) in [5.74, 6) is -0.543. The Bertz CT molecular complexity index is 1100. The summed E-state index contributed by atoms with van der Waals surface area (Å²) >= 11 is 12.8. The molecule has 0 bridgehead atoms. The average Bonchev–Trinajstić information content (AvgIpc) is 3.02. The smallest absolute Gasteiger partial charge is 0.258 e. The number of fused-ring (bicyclic) bond motifs is 1. The molecule has 0 fully saturated rings. The van der Waals surface area contributed by atoms with Crippen LogP contribution in [0.25, 0.3) is 10.9 Å². The maximum atomic E-state index is 13.0. The molecule has 0 aliphatic carbocycles. The van der Waals surface area contributed by atoms with Crippen LogP contribution in [0, 0.1) is 5.41 Å². The zero-order valence-corrected chi connectivity index (χ0v) is 18.1. The second kappa shape index (κ2) is 8.05. The van der Waals surface area contributed by atoms with Gasteiger partial charge in [-0.1, -0.05) is 56.1 Å². The molecule has 6 nitrogen and oxygen atoms in total. The second-order valence-electron chi connectivity index (χ2n) is 7.79. The standard InChI is InChI=1S/C21H22Cl2N4O2/c1-21(2,3)20(29)24-10-12-8-9-14(22)17(18(12)23)19(28)26-15-6-5-7-16-13(15)11-25-27(16)4/h5-9,11H,10H2,1-4H3,(H,24,29)(H,26,28). The lowest BCUT2D eigenvalue weighted by Crippen LogP contribution is -2.34. The van der Waals surface area contributed by atoms with Crippen LogP contribution in [-0.4, -0.2) is 21.6 Å². The molecule has 0 atom stereocenters. The molecule has 3 aromatic rings. The Morgan fingerprint density at radius 1 is 1.14 bits per heavy atom. The zero-order chi connectivity index (χ0) is 21.3. The molecule has 0 unspecified atom stereocenters. The van der Waals surface area contributed by atoms with Crippen LogP contribution < -0.4 is 10.6 Å². The van der Waals surface area contributed by atoms with Gasteiger partial charge in [-0.15, -0.1) is 0 Å². The summed E-state index contributed by atoms with van der Waals surface area (Å²) in [7, 11) is 1.83. The van der Waals surface area contributed by atoms with E-state index < -0.39 is 11.3 Å². The van der Waals surface area contributed by atoms with Gasteiger partial charge < -0.3 is 10.6 Å². The number of rotatable bonds is 4. The number of carbonyl (C=O) groups excluding carboxylic acids is 2. The lowest BCUT2D eigenvalue weighted by Gasteiger charge is -2.18. The number of halogens is 2. The summed E-state index contributed by atoms with van der Waals surface area (Å²) < 4.78 is 1.73. The molecule has 1 heterocycles. The molecule has 29 heavy (non-hydrogen) atoms. The van der Waals surface area contributed by atoms with Crippen molar-refractivity contribution in [3.8, 4) is 0 Å². The number of benzene rings is 2. The molecule has 2 aromatic carbocycles. The Morgan fingerprint density at radius 2 is 1.86 bits per heavy atom. The average molecular weight is 433 g/mol. The van der Waals surface area contributed by atoms with Gasteiger partial charge in [0.2, 0.25) is 5.91 Å². The summed E-state index contributed by atoms with van der Waals surface area (Å²) in [6, 6.07) is 8.84. The summed E-state index contributed by atoms with van der Waals surface area (Å²) in [6.45, 7) is 5.67. The number of hydrogen-bond donors (Lipinski definition) is 2. The van der Waals surface area contributed by atoms with Crippen LogP contribution in [-0.2, 0) is 18.4 Å². The molecule has 8 heteroatoms. The van der Waals surface area contributed by atoms with Gasteiger partial charge in [-0.25, -0.2) is 0 Å². The number of nitrogens with zero attached hydrogens (tertiary/aromatic N) is 2. The van der Waals surface area contributed by atoms with Crippen molar-refractivity contribution in [3.05, 3.63) is 57.7 Å².